The smallest absolute Gasteiger partial charge is 0.235 e. The van der Waals surface area contributed by atoms with Gasteiger partial charge in [-0.3, -0.25) is 20.1 Å². The van der Waals surface area contributed by atoms with Crippen molar-refractivity contribution >= 4 is 23.2 Å². The number of carbonyl (C=O) groups is 1. The fraction of sp³-hybridized carbons (Fsp3) is 0.368. The second-order valence-corrected chi connectivity index (χ2v) is 8.21. The molecule has 1 saturated heterocycles. The summed E-state index contributed by atoms with van der Waals surface area (Å²) < 4.78 is 0. The molecule has 26 heavy (non-hydrogen) atoms. The van der Waals surface area contributed by atoms with Crippen LogP contribution in [0.15, 0.2) is 30.6 Å². The molecule has 6 nitrogen and oxygen atoms in total. The number of aromatic nitrogens is 1. The van der Waals surface area contributed by atoms with Crippen LogP contribution in [0.5, 0.6) is 0 Å². The summed E-state index contributed by atoms with van der Waals surface area (Å²) in [4.78, 5) is 20.4. The lowest BCUT2D eigenvalue weighted by Crippen LogP contribution is -2.64. The van der Waals surface area contributed by atoms with E-state index >= 15 is 0 Å². The van der Waals surface area contributed by atoms with Crippen molar-refractivity contribution in [1.29, 1.82) is 10.7 Å². The normalized spacial score (nSPS) is 25.7. The Hall–Kier alpha value is -2.72. The van der Waals surface area contributed by atoms with Crippen LogP contribution in [0.25, 0.3) is 10.4 Å². The Morgan fingerprint density at radius 3 is 2.88 bits per heavy atom. The molecule has 2 N–H and O–H groups in total. The standard InChI is InChI=1S/C19H19N5OS/c1-19(16(12-3-4-12)17(25)24(2)18(21)23-19)15-6-5-14(26-15)13-7-11(8-20)9-22-10-13/h5-7,9-10,12,16H,3-4H2,1-2H3,(H2,21,23)/t16-,19+/m0/s1. The summed E-state index contributed by atoms with van der Waals surface area (Å²) in [7, 11) is 1.66. The number of nitrogens with zero attached hydrogens (tertiary/aromatic N) is 3. The first-order chi connectivity index (χ1) is 12.4. The van der Waals surface area contributed by atoms with Crippen molar-refractivity contribution in [3.63, 3.8) is 0 Å². The van der Waals surface area contributed by atoms with Gasteiger partial charge >= 0.3 is 0 Å². The molecule has 132 valence electrons. The predicted octanol–water partition coefficient (Wildman–Crippen LogP) is 2.92. The number of nitrogens with one attached hydrogen (secondary N) is 2. The number of nitriles is 1. The van der Waals surface area contributed by atoms with Gasteiger partial charge < -0.3 is 5.32 Å². The predicted molar refractivity (Wildman–Crippen MR) is 99.5 cm³/mol. The van der Waals surface area contributed by atoms with Crippen LogP contribution in [-0.4, -0.2) is 28.8 Å². The molecule has 1 saturated carbocycles. The van der Waals surface area contributed by atoms with E-state index in [1.807, 2.05) is 25.1 Å². The van der Waals surface area contributed by atoms with E-state index in [0.29, 0.717) is 11.5 Å². The maximum absolute atomic E-state index is 12.9. The molecule has 0 bridgehead atoms. The van der Waals surface area contributed by atoms with Gasteiger partial charge in [-0.05, 0) is 43.9 Å². The van der Waals surface area contributed by atoms with Crippen LogP contribution >= 0.6 is 11.3 Å². The number of carbonyl (C=O) groups excluding carboxylic acids is 1. The maximum Gasteiger partial charge on any atom is 0.235 e. The fourth-order valence-corrected chi connectivity index (χ4v) is 4.83. The minimum atomic E-state index is -0.592. The number of hydrogen-bond donors (Lipinski definition) is 2. The minimum Gasteiger partial charge on any atom is -0.345 e. The molecule has 0 aromatic carbocycles. The average molecular weight is 365 g/mol. The topological polar surface area (TPSA) is 92.9 Å². The van der Waals surface area contributed by atoms with E-state index in [-0.39, 0.29) is 17.8 Å². The summed E-state index contributed by atoms with van der Waals surface area (Å²) in [5.74, 6) is 0.348. The molecular weight excluding hydrogens is 346 g/mol. The van der Waals surface area contributed by atoms with Crippen LogP contribution in [0.2, 0.25) is 0 Å². The molecule has 3 heterocycles. The van der Waals surface area contributed by atoms with Gasteiger partial charge in [0, 0.05) is 34.8 Å². The highest BCUT2D eigenvalue weighted by Crippen LogP contribution is 2.50. The van der Waals surface area contributed by atoms with E-state index in [1.165, 1.54) is 4.90 Å². The second kappa shape index (κ2) is 5.92. The zero-order valence-electron chi connectivity index (χ0n) is 14.6. The molecular formula is C19H19N5OS. The number of thiophene rings is 1. The zero-order valence-corrected chi connectivity index (χ0v) is 15.4. The monoisotopic (exact) mass is 365 g/mol. The summed E-state index contributed by atoms with van der Waals surface area (Å²) in [6.45, 7) is 2.02. The molecule has 7 heteroatoms. The molecule has 2 aromatic heterocycles. The highest BCUT2D eigenvalue weighted by molar-refractivity contribution is 7.15. The van der Waals surface area contributed by atoms with Crippen molar-refractivity contribution in [3.05, 3.63) is 41.0 Å². The lowest BCUT2D eigenvalue weighted by Gasteiger charge is -2.45. The summed E-state index contributed by atoms with van der Waals surface area (Å²) in [5, 5.41) is 20.5. The van der Waals surface area contributed by atoms with Crippen LogP contribution in [0, 0.1) is 28.6 Å². The summed E-state index contributed by atoms with van der Waals surface area (Å²) in [6.07, 6.45) is 5.40. The number of guanidine groups is 1. The van der Waals surface area contributed by atoms with Gasteiger partial charge in [-0.1, -0.05) is 0 Å². The lowest BCUT2D eigenvalue weighted by molar-refractivity contribution is -0.136. The van der Waals surface area contributed by atoms with Gasteiger partial charge in [-0.25, -0.2) is 0 Å². The van der Waals surface area contributed by atoms with Gasteiger partial charge in [-0.2, -0.15) is 5.26 Å². The lowest BCUT2D eigenvalue weighted by atomic mass is 9.78. The Kier molecular flexibility index (Phi) is 3.81. The molecule has 0 radical (unpaired) electrons. The van der Waals surface area contributed by atoms with Gasteiger partial charge in [0.15, 0.2) is 5.96 Å². The van der Waals surface area contributed by atoms with Gasteiger partial charge in [0.25, 0.3) is 0 Å². The summed E-state index contributed by atoms with van der Waals surface area (Å²) in [6, 6.07) is 7.95. The Balaban J connectivity index is 1.74. The van der Waals surface area contributed by atoms with Crippen LogP contribution in [0.3, 0.4) is 0 Å². The van der Waals surface area contributed by atoms with Gasteiger partial charge in [0.05, 0.1) is 17.0 Å². The van der Waals surface area contributed by atoms with Crippen molar-refractivity contribution in [2.45, 2.75) is 25.3 Å². The first-order valence-electron chi connectivity index (χ1n) is 8.54. The van der Waals surface area contributed by atoms with Crippen molar-refractivity contribution in [3.8, 4) is 16.5 Å². The van der Waals surface area contributed by atoms with Crippen LogP contribution in [-0.2, 0) is 10.3 Å². The van der Waals surface area contributed by atoms with E-state index in [0.717, 1.165) is 28.2 Å². The Labute approximate surface area is 156 Å². The second-order valence-electron chi connectivity index (χ2n) is 7.13. The molecule has 1 amide bonds. The molecule has 2 aromatic rings. The number of hydrogen-bond acceptors (Lipinski definition) is 5. The molecule has 2 fully saturated rings. The highest BCUT2D eigenvalue weighted by atomic mass is 32.1. The summed E-state index contributed by atoms with van der Waals surface area (Å²) >= 11 is 1.59. The largest absolute Gasteiger partial charge is 0.345 e. The van der Waals surface area contributed by atoms with Crippen molar-refractivity contribution < 1.29 is 4.79 Å². The van der Waals surface area contributed by atoms with E-state index in [9.17, 15) is 4.79 Å². The Morgan fingerprint density at radius 2 is 2.19 bits per heavy atom. The van der Waals surface area contributed by atoms with Crippen LogP contribution in [0.1, 0.15) is 30.2 Å². The first-order valence-corrected chi connectivity index (χ1v) is 9.36. The SMILES string of the molecule is CN1C(=N)N[C@](C)(c2ccc(-c3cncc(C#N)c3)s2)[C@@H](C2CC2)C1=O. The van der Waals surface area contributed by atoms with Gasteiger partial charge in [0.2, 0.25) is 5.91 Å². The quantitative estimate of drug-likeness (QED) is 0.875. The third-order valence-corrected chi connectivity index (χ3v) is 6.67. The Bertz CT molecular complexity index is 941. The van der Waals surface area contributed by atoms with E-state index < -0.39 is 5.54 Å². The average Bonchev–Trinajstić information content (AvgIpc) is 3.33. The third kappa shape index (κ3) is 2.58. The fourth-order valence-electron chi connectivity index (χ4n) is 3.70. The summed E-state index contributed by atoms with van der Waals surface area (Å²) in [5.41, 5.74) is 0.820. The molecule has 1 aliphatic heterocycles. The zero-order chi connectivity index (χ0) is 18.5. The number of pyridine rings is 1. The number of rotatable bonds is 3. The van der Waals surface area contributed by atoms with E-state index in [4.69, 9.17) is 10.7 Å². The van der Waals surface area contributed by atoms with Gasteiger partial charge in [-0.15, -0.1) is 11.3 Å². The Morgan fingerprint density at radius 1 is 1.42 bits per heavy atom. The number of amides is 1. The first kappa shape index (κ1) is 16.7. The van der Waals surface area contributed by atoms with Crippen molar-refractivity contribution in [1.82, 2.24) is 15.2 Å². The van der Waals surface area contributed by atoms with Crippen molar-refractivity contribution in [2.75, 3.05) is 7.05 Å². The maximum atomic E-state index is 12.9. The molecule has 4 rings (SSSR count). The third-order valence-electron chi connectivity index (χ3n) is 5.30. The van der Waals surface area contributed by atoms with Crippen molar-refractivity contribution in [2.24, 2.45) is 11.8 Å². The van der Waals surface area contributed by atoms with E-state index in [2.05, 4.69) is 16.4 Å². The van der Waals surface area contributed by atoms with Crippen LogP contribution in [0.4, 0.5) is 0 Å². The molecule has 0 unspecified atom stereocenters. The highest BCUT2D eigenvalue weighted by Gasteiger charge is 2.54. The van der Waals surface area contributed by atoms with Crippen LogP contribution < -0.4 is 5.32 Å². The van der Waals surface area contributed by atoms with E-state index in [1.54, 1.807) is 30.8 Å². The van der Waals surface area contributed by atoms with Gasteiger partial charge in [0.1, 0.15) is 6.07 Å². The molecule has 1 aliphatic carbocycles. The molecule has 0 spiro atoms. The minimum absolute atomic E-state index is 0.0156. The molecule has 2 atom stereocenters. The molecule has 2 aliphatic rings.